The Bertz CT molecular complexity index is 885. The zero-order valence-electron chi connectivity index (χ0n) is 11.8. The number of carboxylic acids is 1. The van der Waals surface area contributed by atoms with Crippen LogP contribution in [-0.2, 0) is 11.9 Å². The summed E-state index contributed by atoms with van der Waals surface area (Å²) in [5.41, 5.74) is -2.37. The van der Waals surface area contributed by atoms with Gasteiger partial charge in [-0.1, -0.05) is 12.1 Å². The Morgan fingerprint density at radius 2 is 2.04 bits per heavy atom. The second-order valence-electron chi connectivity index (χ2n) is 4.66. The van der Waals surface area contributed by atoms with Gasteiger partial charge in [0.2, 0.25) is 5.56 Å². The number of nitriles is 1. The highest BCUT2D eigenvalue weighted by Gasteiger charge is 2.35. The van der Waals surface area contributed by atoms with Crippen LogP contribution in [0, 0.1) is 11.3 Å². The number of halogens is 3. The zero-order valence-corrected chi connectivity index (χ0v) is 12.7. The first kappa shape index (κ1) is 17.6. The standard InChI is InChI=1S/C15H9F3N2O3S/c16-15(17,18)11-5-12(21)20-13(10(11)6-19)24-7-8-2-1-3-9(4-8)14(22)23/h1-5H,7H2,(H,20,21)(H,22,23). The van der Waals surface area contributed by atoms with Gasteiger partial charge in [0, 0.05) is 11.8 Å². The van der Waals surface area contributed by atoms with E-state index in [1.807, 2.05) is 0 Å². The molecule has 0 amide bonds. The number of alkyl halides is 3. The Morgan fingerprint density at radius 1 is 1.33 bits per heavy atom. The fraction of sp³-hybridized carbons (Fsp3) is 0.133. The van der Waals surface area contributed by atoms with E-state index in [0.29, 0.717) is 11.6 Å². The number of aromatic amines is 1. The number of pyridine rings is 1. The van der Waals surface area contributed by atoms with Crippen molar-refractivity contribution in [2.24, 2.45) is 0 Å². The Morgan fingerprint density at radius 3 is 2.62 bits per heavy atom. The molecule has 2 rings (SSSR count). The number of thioether (sulfide) groups is 1. The maximum atomic E-state index is 12.9. The molecule has 0 radical (unpaired) electrons. The lowest BCUT2D eigenvalue weighted by Crippen LogP contribution is -2.17. The predicted molar refractivity (Wildman–Crippen MR) is 79.7 cm³/mol. The molecule has 9 heteroatoms. The van der Waals surface area contributed by atoms with Gasteiger partial charge in [0.1, 0.15) is 6.07 Å². The highest BCUT2D eigenvalue weighted by Crippen LogP contribution is 2.34. The van der Waals surface area contributed by atoms with Crippen LogP contribution >= 0.6 is 11.8 Å². The van der Waals surface area contributed by atoms with Crippen LogP contribution in [0.3, 0.4) is 0 Å². The lowest BCUT2D eigenvalue weighted by molar-refractivity contribution is -0.138. The second kappa shape index (κ2) is 6.80. The van der Waals surface area contributed by atoms with E-state index in [2.05, 4.69) is 4.98 Å². The molecule has 5 nitrogen and oxygen atoms in total. The highest BCUT2D eigenvalue weighted by atomic mass is 32.2. The van der Waals surface area contributed by atoms with Gasteiger partial charge in [-0.2, -0.15) is 18.4 Å². The van der Waals surface area contributed by atoms with Crippen molar-refractivity contribution in [1.29, 1.82) is 5.26 Å². The monoisotopic (exact) mass is 354 g/mol. The minimum absolute atomic E-state index is 0.0335. The molecule has 1 aromatic heterocycles. The Labute approximate surface area is 137 Å². The third-order valence-corrected chi connectivity index (χ3v) is 4.06. The van der Waals surface area contributed by atoms with Gasteiger partial charge in [-0.3, -0.25) is 4.79 Å². The summed E-state index contributed by atoms with van der Waals surface area (Å²) in [6.45, 7) is 0. The lowest BCUT2D eigenvalue weighted by Gasteiger charge is -2.11. The van der Waals surface area contributed by atoms with Crippen molar-refractivity contribution in [3.8, 4) is 6.07 Å². The summed E-state index contributed by atoms with van der Waals surface area (Å²) in [6, 6.07) is 7.64. The van der Waals surface area contributed by atoms with Gasteiger partial charge in [0.15, 0.2) is 0 Å². The number of carboxylic acid groups (broad SMARTS) is 1. The maximum absolute atomic E-state index is 12.9. The van der Waals surface area contributed by atoms with E-state index in [1.54, 1.807) is 6.07 Å². The molecule has 0 bridgehead atoms. The first-order valence-corrected chi connectivity index (χ1v) is 7.40. The second-order valence-corrected chi connectivity index (χ2v) is 5.64. The molecule has 0 unspecified atom stereocenters. The quantitative estimate of drug-likeness (QED) is 0.822. The molecule has 0 spiro atoms. The van der Waals surface area contributed by atoms with Crippen molar-refractivity contribution in [3.63, 3.8) is 0 Å². The molecule has 0 saturated carbocycles. The van der Waals surface area contributed by atoms with Crippen molar-refractivity contribution in [2.45, 2.75) is 17.0 Å². The summed E-state index contributed by atoms with van der Waals surface area (Å²) in [5, 5.41) is 17.7. The van der Waals surface area contributed by atoms with Gasteiger partial charge in [-0.05, 0) is 17.7 Å². The molecule has 0 saturated heterocycles. The molecule has 1 heterocycles. The molecule has 2 N–H and O–H groups in total. The van der Waals surface area contributed by atoms with Crippen LogP contribution in [0.25, 0.3) is 0 Å². The average Bonchev–Trinajstić information content (AvgIpc) is 2.51. The van der Waals surface area contributed by atoms with Gasteiger partial charge in [-0.15, -0.1) is 11.8 Å². The Balaban J connectivity index is 2.36. The van der Waals surface area contributed by atoms with E-state index in [4.69, 9.17) is 10.4 Å². The summed E-state index contributed by atoms with van der Waals surface area (Å²) in [4.78, 5) is 24.5. The summed E-state index contributed by atoms with van der Waals surface area (Å²) >= 11 is 0.819. The number of hydrogen-bond donors (Lipinski definition) is 2. The number of hydrogen-bond acceptors (Lipinski definition) is 4. The van der Waals surface area contributed by atoms with Crippen LogP contribution in [0.4, 0.5) is 13.2 Å². The minimum atomic E-state index is -4.82. The van der Waals surface area contributed by atoms with Crippen LogP contribution in [0.2, 0.25) is 0 Å². The predicted octanol–water partition coefficient (Wildman–Crippen LogP) is 3.26. The first-order valence-electron chi connectivity index (χ1n) is 6.42. The van der Waals surface area contributed by atoms with Crippen LogP contribution in [0.1, 0.15) is 27.0 Å². The van der Waals surface area contributed by atoms with E-state index >= 15 is 0 Å². The van der Waals surface area contributed by atoms with Crippen LogP contribution in [0.5, 0.6) is 0 Å². The van der Waals surface area contributed by atoms with E-state index < -0.39 is 28.8 Å². The van der Waals surface area contributed by atoms with Crippen molar-refractivity contribution in [1.82, 2.24) is 4.98 Å². The third-order valence-electron chi connectivity index (χ3n) is 2.98. The van der Waals surface area contributed by atoms with Gasteiger partial charge < -0.3 is 10.1 Å². The number of carbonyl (C=O) groups is 1. The van der Waals surface area contributed by atoms with E-state index in [9.17, 15) is 22.8 Å². The van der Waals surface area contributed by atoms with E-state index in [0.717, 1.165) is 11.8 Å². The number of aromatic carboxylic acids is 1. The van der Waals surface area contributed by atoms with Crippen LogP contribution in [-0.4, -0.2) is 16.1 Å². The largest absolute Gasteiger partial charge is 0.478 e. The molecule has 24 heavy (non-hydrogen) atoms. The third kappa shape index (κ3) is 3.97. The van der Waals surface area contributed by atoms with E-state index in [1.165, 1.54) is 24.3 Å². The summed E-state index contributed by atoms with van der Waals surface area (Å²) in [6.07, 6.45) is -4.82. The average molecular weight is 354 g/mol. The zero-order chi connectivity index (χ0) is 17.9. The fourth-order valence-electron chi connectivity index (χ4n) is 1.93. The van der Waals surface area contributed by atoms with Crippen molar-refractivity contribution < 1.29 is 23.1 Å². The molecule has 0 aliphatic rings. The minimum Gasteiger partial charge on any atom is -0.478 e. The van der Waals surface area contributed by atoms with Crippen molar-refractivity contribution in [2.75, 3.05) is 0 Å². The fourth-order valence-corrected chi connectivity index (χ4v) is 2.89. The van der Waals surface area contributed by atoms with Gasteiger partial charge in [-0.25, -0.2) is 4.79 Å². The number of nitrogens with zero attached hydrogens (tertiary/aromatic N) is 1. The topological polar surface area (TPSA) is 94.0 Å². The number of aromatic nitrogens is 1. The maximum Gasteiger partial charge on any atom is 0.417 e. The summed E-state index contributed by atoms with van der Waals surface area (Å²) in [5.74, 6) is -1.04. The van der Waals surface area contributed by atoms with Crippen molar-refractivity contribution >= 4 is 17.7 Å². The number of benzene rings is 1. The van der Waals surface area contributed by atoms with Crippen molar-refractivity contribution in [3.05, 3.63) is 62.9 Å². The molecule has 1 aromatic carbocycles. The number of rotatable bonds is 4. The molecule has 0 aliphatic heterocycles. The van der Waals surface area contributed by atoms with Crippen LogP contribution in [0.15, 0.2) is 40.2 Å². The summed E-state index contributed by atoms with van der Waals surface area (Å²) < 4.78 is 38.8. The number of nitrogens with one attached hydrogen (secondary N) is 1. The summed E-state index contributed by atoms with van der Waals surface area (Å²) in [7, 11) is 0. The SMILES string of the molecule is N#Cc1c(C(F)(F)F)cc(=O)[nH]c1SCc1cccc(C(=O)O)c1. The lowest BCUT2D eigenvalue weighted by atomic mass is 10.1. The number of H-pyrrole nitrogens is 1. The Hall–Kier alpha value is -2.73. The van der Waals surface area contributed by atoms with Gasteiger partial charge in [0.25, 0.3) is 0 Å². The van der Waals surface area contributed by atoms with Gasteiger partial charge in [0.05, 0.1) is 21.7 Å². The highest BCUT2D eigenvalue weighted by molar-refractivity contribution is 7.98. The molecule has 0 fully saturated rings. The molecule has 124 valence electrons. The molecular formula is C15H9F3N2O3S. The molecule has 0 atom stereocenters. The van der Waals surface area contributed by atoms with Crippen LogP contribution < -0.4 is 5.56 Å². The molecular weight excluding hydrogens is 345 g/mol. The Kier molecular flexibility index (Phi) is 4.99. The first-order chi connectivity index (χ1) is 11.2. The normalized spacial score (nSPS) is 11.1. The molecule has 0 aliphatic carbocycles. The molecule has 2 aromatic rings. The smallest absolute Gasteiger partial charge is 0.417 e. The van der Waals surface area contributed by atoms with E-state index in [-0.39, 0.29) is 16.3 Å². The van der Waals surface area contributed by atoms with Gasteiger partial charge >= 0.3 is 12.1 Å².